The van der Waals surface area contributed by atoms with Crippen LogP contribution < -0.4 is 72.5 Å². The molecule has 0 fully saturated rings. The molecule has 0 aliphatic heterocycles. The number of hydrogen-bond acceptors (Lipinski definition) is 6. The molecule has 5 nitrogen and oxygen atoms in total. The van der Waals surface area contributed by atoms with E-state index in [1.165, 1.54) is 0 Å². The van der Waals surface area contributed by atoms with Gasteiger partial charge in [-0.1, -0.05) is 12.2 Å². The van der Waals surface area contributed by atoms with Gasteiger partial charge in [-0.15, -0.1) is 0 Å². The van der Waals surface area contributed by atoms with Gasteiger partial charge in [0.05, 0.1) is 0 Å². The zero-order chi connectivity index (χ0) is 7.98. The molecule has 0 rings (SSSR count). The van der Waals surface area contributed by atoms with Gasteiger partial charge in [-0.3, -0.25) is 5.43 Å². The van der Waals surface area contributed by atoms with Gasteiger partial charge in [-0.25, -0.2) is 0 Å². The topological polar surface area (TPSA) is 90.2 Å². The molecule has 0 heterocycles. The fraction of sp³-hybridized carbons (Fsp3) is 0. The molecule has 0 spiro atoms. The molecule has 11 heavy (non-hydrogen) atoms. The van der Waals surface area contributed by atoms with Crippen LogP contribution in [0.4, 0.5) is 4.79 Å². The van der Waals surface area contributed by atoms with E-state index in [0.717, 1.165) is 21.8 Å². The Kier molecular flexibility index (Phi) is 13.0. The predicted molar refractivity (Wildman–Crippen MR) is 43.6 cm³/mol. The zero-order valence-corrected chi connectivity index (χ0v) is 11.2. The number of carboxylic acid groups (broad SMARTS) is 1. The first-order valence-electron chi connectivity index (χ1n) is 1.98. The predicted octanol–water partition coefficient (Wildman–Crippen LogP) is -4.03. The Hall–Kier alpha value is 1.46. The van der Waals surface area contributed by atoms with Gasteiger partial charge in [0.25, 0.3) is 0 Å². The summed E-state index contributed by atoms with van der Waals surface area (Å²) in [6.45, 7) is 0. The summed E-state index contributed by atoms with van der Waals surface area (Å²) < 4.78 is 0.220. The normalized spacial score (nSPS) is 8.00. The Bertz CT molecular complexity index is 129. The van der Waals surface area contributed by atoms with Gasteiger partial charge >= 0.3 is 51.4 Å². The second kappa shape index (κ2) is 9.54. The van der Waals surface area contributed by atoms with E-state index in [4.69, 9.17) is 5.73 Å². The first kappa shape index (κ1) is 15.0. The van der Waals surface area contributed by atoms with E-state index in [2.05, 4.69) is 17.0 Å². The average Bonchev–Trinajstić information content (AvgIpc) is 1.79. The van der Waals surface area contributed by atoms with Gasteiger partial charge in [0, 0.05) is 11.0 Å². The van der Waals surface area contributed by atoms with Crippen LogP contribution in [0, 0.1) is 0 Å². The van der Waals surface area contributed by atoms with E-state index in [9.17, 15) is 9.90 Å². The van der Waals surface area contributed by atoms with Gasteiger partial charge in [0.2, 0.25) is 0 Å². The van der Waals surface area contributed by atoms with Crippen LogP contribution >= 0.6 is 34.0 Å². The summed E-state index contributed by atoms with van der Waals surface area (Å²) in [6, 6.07) is 0. The Morgan fingerprint density at radius 1 is 1.64 bits per heavy atom. The molecule has 0 aliphatic rings. The Labute approximate surface area is 120 Å². The van der Waals surface area contributed by atoms with E-state index >= 15 is 0 Å². The number of nitrogens with two attached hydrogens (primary N) is 1. The summed E-state index contributed by atoms with van der Waals surface area (Å²) in [5.41, 5.74) is 6.84. The third-order valence-electron chi connectivity index (χ3n) is 0.319. The van der Waals surface area contributed by atoms with Crippen LogP contribution in [0.2, 0.25) is 0 Å². The average molecular weight is 237 g/mol. The standard InChI is InChI=1S/C2H5N3O2S3.K/c3-1(8)9-10-5-4-2(6)7;/h4-5H,(H2,3,8)(H,6,7);/q;+1/p-1. The molecule has 0 radical (unpaired) electrons. The Morgan fingerprint density at radius 2 is 2.18 bits per heavy atom. The fourth-order valence-electron chi connectivity index (χ4n) is 0.124. The summed E-state index contributed by atoms with van der Waals surface area (Å²) >= 11 is 4.46. The summed E-state index contributed by atoms with van der Waals surface area (Å²) in [5, 5.41) is 9.67. The second-order valence-corrected chi connectivity index (χ2v) is 3.68. The van der Waals surface area contributed by atoms with Crippen molar-refractivity contribution < 1.29 is 61.3 Å². The number of thiocarbonyl (C=S) groups is 1. The second-order valence-electron chi connectivity index (χ2n) is 1.00. The van der Waals surface area contributed by atoms with Gasteiger partial charge < -0.3 is 15.6 Å². The Morgan fingerprint density at radius 3 is 2.55 bits per heavy atom. The van der Waals surface area contributed by atoms with Crippen molar-refractivity contribution in [3.05, 3.63) is 0 Å². The van der Waals surface area contributed by atoms with Crippen molar-refractivity contribution in [2.45, 2.75) is 0 Å². The molecule has 4 N–H and O–H groups in total. The van der Waals surface area contributed by atoms with Crippen LogP contribution in [0.25, 0.3) is 0 Å². The van der Waals surface area contributed by atoms with Crippen molar-refractivity contribution >= 4 is 44.4 Å². The molecule has 0 saturated carbocycles. The number of hydrazine groups is 1. The van der Waals surface area contributed by atoms with Crippen LogP contribution in [0.15, 0.2) is 0 Å². The maximum absolute atomic E-state index is 9.67. The molecule has 0 aliphatic carbocycles. The monoisotopic (exact) mass is 237 g/mol. The van der Waals surface area contributed by atoms with Crippen LogP contribution in [0.1, 0.15) is 0 Å². The van der Waals surface area contributed by atoms with Gasteiger partial charge in [0.15, 0.2) is 0 Å². The molecule has 0 aromatic rings. The molecule has 1 amide bonds. The quantitative estimate of drug-likeness (QED) is 0.115. The fourth-order valence-corrected chi connectivity index (χ4v) is 1.18. The maximum atomic E-state index is 9.67. The number of hydrogen-bond donors (Lipinski definition) is 3. The van der Waals surface area contributed by atoms with E-state index in [1.807, 2.05) is 0 Å². The van der Waals surface area contributed by atoms with Crippen molar-refractivity contribution in [3.63, 3.8) is 0 Å². The number of nitrogens with one attached hydrogen (secondary N) is 2. The molecule has 58 valence electrons. The largest absolute Gasteiger partial charge is 1.00 e. The third-order valence-corrected chi connectivity index (χ3v) is 2.36. The van der Waals surface area contributed by atoms with Crippen molar-refractivity contribution in [2.75, 3.05) is 0 Å². The minimum absolute atomic E-state index is 0. The first-order chi connectivity index (χ1) is 4.63. The van der Waals surface area contributed by atoms with Crippen LogP contribution in [-0.4, -0.2) is 10.4 Å². The van der Waals surface area contributed by atoms with Crippen molar-refractivity contribution in [1.29, 1.82) is 0 Å². The van der Waals surface area contributed by atoms with E-state index < -0.39 is 6.09 Å². The van der Waals surface area contributed by atoms with Gasteiger partial charge in [0.1, 0.15) is 10.4 Å². The van der Waals surface area contributed by atoms with E-state index in [0.29, 0.717) is 0 Å². The molecule has 0 unspecified atom stereocenters. The molecule has 0 aromatic carbocycles. The van der Waals surface area contributed by atoms with Crippen LogP contribution in [0.3, 0.4) is 0 Å². The van der Waals surface area contributed by atoms with E-state index in [-0.39, 0.29) is 55.7 Å². The first-order valence-corrected chi connectivity index (χ1v) is 4.53. The summed E-state index contributed by atoms with van der Waals surface area (Å²) in [4.78, 5) is 11.9. The molecular weight excluding hydrogens is 233 g/mol. The van der Waals surface area contributed by atoms with Gasteiger partial charge in [-0.05, 0) is 10.8 Å². The minimum atomic E-state index is -1.41. The van der Waals surface area contributed by atoms with E-state index in [1.54, 1.807) is 5.43 Å². The zero-order valence-electron chi connectivity index (χ0n) is 5.62. The SMILES string of the molecule is NC(=S)SSNNC(=O)[O-].[K+]. The number of rotatable bonds is 3. The summed E-state index contributed by atoms with van der Waals surface area (Å²) in [5.74, 6) is 0. The molecule has 0 atom stereocenters. The number of carbonyl (C=O) groups is 1. The van der Waals surface area contributed by atoms with Gasteiger partial charge in [-0.2, -0.15) is 4.83 Å². The summed E-state index contributed by atoms with van der Waals surface area (Å²) in [6.07, 6.45) is -1.41. The van der Waals surface area contributed by atoms with Crippen LogP contribution in [0.5, 0.6) is 0 Å². The smallest absolute Gasteiger partial charge is 0.529 e. The minimum Gasteiger partial charge on any atom is -0.529 e. The van der Waals surface area contributed by atoms with Crippen LogP contribution in [-0.2, 0) is 0 Å². The van der Waals surface area contributed by atoms with Crippen molar-refractivity contribution in [3.8, 4) is 0 Å². The van der Waals surface area contributed by atoms with Crippen molar-refractivity contribution in [1.82, 2.24) is 10.3 Å². The molecule has 9 heteroatoms. The Balaban J connectivity index is 0. The number of amides is 1. The summed E-state index contributed by atoms with van der Waals surface area (Å²) in [7, 11) is 1.99. The van der Waals surface area contributed by atoms with Crippen molar-refractivity contribution in [2.24, 2.45) is 5.73 Å². The molecule has 0 bridgehead atoms. The number of carbonyl (C=O) groups excluding carboxylic acids is 1. The third kappa shape index (κ3) is 14.3. The molecule has 0 saturated heterocycles. The maximum Gasteiger partial charge on any atom is 1.00 e. The molecular formula is C2H4KN3O2S3. The molecule has 0 aromatic heterocycles.